The van der Waals surface area contributed by atoms with Crippen molar-refractivity contribution in [1.82, 2.24) is 5.43 Å². The largest absolute Gasteiger partial charge is 0.481 e. The van der Waals surface area contributed by atoms with Crippen LogP contribution in [-0.2, 0) is 4.79 Å². The second-order valence-electron chi connectivity index (χ2n) is 6.53. The van der Waals surface area contributed by atoms with E-state index >= 15 is 0 Å². The smallest absolute Gasteiger partial charge is 0.345 e. The Bertz CT molecular complexity index is 1130. The fourth-order valence-electron chi connectivity index (χ4n) is 2.47. The summed E-state index contributed by atoms with van der Waals surface area (Å²) in [5, 5.41) is 5.12. The minimum atomic E-state index is -0.755. The van der Waals surface area contributed by atoms with E-state index < -0.39 is 18.0 Å². The maximum atomic E-state index is 12.2. The van der Waals surface area contributed by atoms with Crippen LogP contribution in [0.2, 0.25) is 15.1 Å². The summed E-state index contributed by atoms with van der Waals surface area (Å²) in [7, 11) is 0. The highest BCUT2D eigenvalue weighted by Crippen LogP contribution is 2.23. The molecule has 0 saturated carbocycles. The molecule has 0 heterocycles. The zero-order chi connectivity index (χ0) is 23.1. The van der Waals surface area contributed by atoms with Crippen molar-refractivity contribution in [2.45, 2.75) is 13.0 Å². The molecule has 9 heteroatoms. The van der Waals surface area contributed by atoms with Gasteiger partial charge in [0.2, 0.25) is 0 Å². The number of esters is 1. The van der Waals surface area contributed by atoms with Crippen molar-refractivity contribution in [3.05, 3.63) is 92.9 Å². The Hall–Kier alpha value is -3.06. The highest BCUT2D eigenvalue weighted by atomic mass is 35.5. The summed E-state index contributed by atoms with van der Waals surface area (Å²) in [6, 6.07) is 17.7. The van der Waals surface area contributed by atoms with Gasteiger partial charge in [0, 0.05) is 10.0 Å². The number of halogens is 3. The Morgan fingerprint density at radius 1 is 0.906 bits per heavy atom. The van der Waals surface area contributed by atoms with Crippen molar-refractivity contribution in [2.75, 3.05) is 0 Å². The fourth-order valence-corrected chi connectivity index (χ4v) is 3.08. The molecule has 164 valence electrons. The maximum Gasteiger partial charge on any atom is 0.345 e. The average Bonchev–Trinajstić information content (AvgIpc) is 2.76. The molecule has 3 aromatic rings. The zero-order valence-electron chi connectivity index (χ0n) is 16.7. The predicted octanol–water partition coefficient (Wildman–Crippen LogP) is 5.78. The second-order valence-corrected chi connectivity index (χ2v) is 7.81. The van der Waals surface area contributed by atoms with Crippen LogP contribution in [0.4, 0.5) is 0 Å². The number of benzene rings is 3. The highest BCUT2D eigenvalue weighted by molar-refractivity contribution is 6.36. The number of nitrogens with zero attached hydrogens (tertiary/aromatic N) is 1. The molecule has 32 heavy (non-hydrogen) atoms. The van der Waals surface area contributed by atoms with Crippen molar-refractivity contribution in [1.29, 1.82) is 0 Å². The summed E-state index contributed by atoms with van der Waals surface area (Å²) in [6.45, 7) is 1.61. The van der Waals surface area contributed by atoms with Gasteiger partial charge >= 0.3 is 5.97 Å². The molecular weight excluding hydrogens is 475 g/mol. The van der Waals surface area contributed by atoms with Crippen LogP contribution in [0.1, 0.15) is 22.8 Å². The normalized spacial score (nSPS) is 11.8. The van der Waals surface area contributed by atoms with Gasteiger partial charge in [0.1, 0.15) is 11.5 Å². The molecular formula is C23H17Cl3N2O4. The molecule has 6 nitrogen and oxygen atoms in total. The van der Waals surface area contributed by atoms with Crippen LogP contribution in [0.15, 0.2) is 71.8 Å². The molecule has 0 unspecified atom stereocenters. The highest BCUT2D eigenvalue weighted by Gasteiger charge is 2.14. The van der Waals surface area contributed by atoms with Gasteiger partial charge in [0.05, 0.1) is 16.8 Å². The molecule has 0 aliphatic rings. The standard InChI is InChI=1S/C23H17Cl3N2O4/c1-14(31-18-9-4-16(24)5-10-18)22(29)28-27-13-15-2-7-19(8-3-15)32-23(30)20-11-6-17(25)12-21(20)26/h2-14H,1H3,(H,28,29)/b27-13-/t14-/m1/s1. The Kier molecular flexibility index (Phi) is 8.11. The molecule has 0 aromatic heterocycles. The summed E-state index contributed by atoms with van der Waals surface area (Å²) >= 11 is 17.7. The second kappa shape index (κ2) is 11.0. The number of hydrogen-bond donors (Lipinski definition) is 1. The maximum absolute atomic E-state index is 12.2. The Balaban J connectivity index is 1.51. The number of carbonyl (C=O) groups excluding carboxylic acids is 2. The molecule has 0 aliphatic carbocycles. The van der Waals surface area contributed by atoms with Gasteiger partial charge in [0.25, 0.3) is 5.91 Å². The van der Waals surface area contributed by atoms with Crippen LogP contribution in [0.25, 0.3) is 0 Å². The number of rotatable bonds is 7. The minimum Gasteiger partial charge on any atom is -0.481 e. The van der Waals surface area contributed by atoms with E-state index in [1.165, 1.54) is 18.3 Å². The average molecular weight is 492 g/mol. The first kappa shape index (κ1) is 23.6. The van der Waals surface area contributed by atoms with E-state index in [1.54, 1.807) is 61.5 Å². The number of hydrogen-bond acceptors (Lipinski definition) is 5. The molecule has 3 rings (SSSR count). The molecule has 0 spiro atoms. The lowest BCUT2D eigenvalue weighted by Gasteiger charge is -2.12. The molecule has 0 saturated heterocycles. The van der Waals surface area contributed by atoms with E-state index in [-0.39, 0.29) is 10.6 Å². The number of ether oxygens (including phenoxy) is 2. The lowest BCUT2D eigenvalue weighted by Crippen LogP contribution is -2.33. The summed E-state index contributed by atoms with van der Waals surface area (Å²) < 4.78 is 10.8. The summed E-state index contributed by atoms with van der Waals surface area (Å²) in [6.07, 6.45) is 0.698. The van der Waals surface area contributed by atoms with E-state index in [0.29, 0.717) is 27.1 Å². The van der Waals surface area contributed by atoms with Gasteiger partial charge in [-0.3, -0.25) is 4.79 Å². The fraction of sp³-hybridized carbons (Fsp3) is 0.0870. The summed E-state index contributed by atoms with van der Waals surface area (Å²) in [5.74, 6) is -0.171. The zero-order valence-corrected chi connectivity index (χ0v) is 19.0. The van der Waals surface area contributed by atoms with Crippen molar-refractivity contribution < 1.29 is 19.1 Å². The van der Waals surface area contributed by atoms with Gasteiger partial charge in [-0.1, -0.05) is 34.8 Å². The first-order valence-corrected chi connectivity index (χ1v) is 10.5. The molecule has 1 N–H and O–H groups in total. The number of amides is 1. The van der Waals surface area contributed by atoms with Gasteiger partial charge in [-0.25, -0.2) is 10.2 Å². The Morgan fingerprint density at radius 2 is 1.53 bits per heavy atom. The van der Waals surface area contributed by atoms with Crippen LogP contribution >= 0.6 is 34.8 Å². The first-order chi connectivity index (χ1) is 15.3. The first-order valence-electron chi connectivity index (χ1n) is 9.34. The molecule has 0 aliphatic heterocycles. The van der Waals surface area contributed by atoms with E-state index in [1.807, 2.05) is 0 Å². The van der Waals surface area contributed by atoms with Gasteiger partial charge in [-0.15, -0.1) is 0 Å². The van der Waals surface area contributed by atoms with E-state index in [2.05, 4.69) is 10.5 Å². The van der Waals surface area contributed by atoms with Gasteiger partial charge in [-0.2, -0.15) is 5.10 Å². The molecule has 0 fully saturated rings. The van der Waals surface area contributed by atoms with Gasteiger partial charge in [-0.05, 0) is 79.2 Å². The third-order valence-electron chi connectivity index (χ3n) is 4.13. The quantitative estimate of drug-likeness (QED) is 0.197. The molecule has 1 atom stereocenters. The van der Waals surface area contributed by atoms with Gasteiger partial charge < -0.3 is 9.47 Å². The Morgan fingerprint density at radius 3 is 2.19 bits per heavy atom. The number of nitrogens with one attached hydrogen (secondary N) is 1. The van der Waals surface area contributed by atoms with Crippen molar-refractivity contribution >= 4 is 52.9 Å². The van der Waals surface area contributed by atoms with Crippen LogP contribution in [0, 0.1) is 0 Å². The summed E-state index contributed by atoms with van der Waals surface area (Å²) in [5.41, 5.74) is 3.30. The van der Waals surface area contributed by atoms with Crippen molar-refractivity contribution in [3.63, 3.8) is 0 Å². The Labute approximate surface area is 199 Å². The van der Waals surface area contributed by atoms with Crippen LogP contribution < -0.4 is 14.9 Å². The molecule has 3 aromatic carbocycles. The van der Waals surface area contributed by atoms with E-state index in [0.717, 1.165) is 0 Å². The lowest BCUT2D eigenvalue weighted by atomic mass is 10.2. The third kappa shape index (κ3) is 6.72. The summed E-state index contributed by atoms with van der Waals surface area (Å²) in [4.78, 5) is 24.4. The van der Waals surface area contributed by atoms with Crippen LogP contribution in [0.3, 0.4) is 0 Å². The number of hydrazone groups is 1. The molecule has 0 bridgehead atoms. The third-order valence-corrected chi connectivity index (χ3v) is 4.93. The topological polar surface area (TPSA) is 77.0 Å². The van der Waals surface area contributed by atoms with E-state index in [4.69, 9.17) is 44.3 Å². The lowest BCUT2D eigenvalue weighted by molar-refractivity contribution is -0.127. The van der Waals surface area contributed by atoms with Crippen LogP contribution in [0.5, 0.6) is 11.5 Å². The van der Waals surface area contributed by atoms with Crippen molar-refractivity contribution in [2.24, 2.45) is 5.10 Å². The minimum absolute atomic E-state index is 0.205. The molecule has 0 radical (unpaired) electrons. The van der Waals surface area contributed by atoms with E-state index in [9.17, 15) is 9.59 Å². The van der Waals surface area contributed by atoms with Crippen LogP contribution in [-0.4, -0.2) is 24.2 Å². The SMILES string of the molecule is C[C@@H](Oc1ccc(Cl)cc1)C(=O)N/N=C\c1ccc(OC(=O)c2ccc(Cl)cc2Cl)cc1. The predicted molar refractivity (Wildman–Crippen MR) is 125 cm³/mol. The molecule has 1 amide bonds. The monoisotopic (exact) mass is 490 g/mol. The van der Waals surface area contributed by atoms with Crippen molar-refractivity contribution in [3.8, 4) is 11.5 Å². The number of carbonyl (C=O) groups is 2. The van der Waals surface area contributed by atoms with Gasteiger partial charge in [0.15, 0.2) is 6.10 Å².